The van der Waals surface area contributed by atoms with Gasteiger partial charge in [-0.15, -0.1) is 0 Å². The molecule has 9 heavy (non-hydrogen) atoms. The van der Waals surface area contributed by atoms with Crippen molar-refractivity contribution in [2.45, 2.75) is 32.7 Å². The number of rotatable bonds is 4. The summed E-state index contributed by atoms with van der Waals surface area (Å²) in [7, 11) is -0.612. The molecular weight excluding hydrogens is 148 g/mol. The van der Waals surface area contributed by atoms with Gasteiger partial charge in [0.15, 0.2) is 8.11 Å². The molecule has 0 aromatic rings. The summed E-state index contributed by atoms with van der Waals surface area (Å²) < 4.78 is 0. The molecule has 0 saturated carbocycles. The van der Waals surface area contributed by atoms with Crippen LogP contribution < -0.4 is 0 Å². The number of hydrogen-bond acceptors (Lipinski definition) is 0. The molecule has 0 aliphatic rings. The molecule has 0 heterocycles. The van der Waals surface area contributed by atoms with Crippen LogP contribution in [-0.4, -0.2) is 8.11 Å². The fourth-order valence-corrected chi connectivity index (χ4v) is 2.61. The van der Waals surface area contributed by atoms with Gasteiger partial charge in [-0.05, 0) is 13.0 Å². The van der Waals surface area contributed by atoms with Crippen molar-refractivity contribution in [3.63, 3.8) is 0 Å². The van der Waals surface area contributed by atoms with Crippen molar-refractivity contribution in [1.29, 1.82) is 0 Å². The zero-order valence-corrected chi connectivity index (χ0v) is 7.91. The smallest absolute Gasteiger partial charge is 0.163 e. The monoisotopic (exact) mass is 161 g/mol. The molecule has 0 fully saturated rings. The van der Waals surface area contributed by atoms with Gasteiger partial charge in [0.1, 0.15) is 0 Å². The minimum atomic E-state index is -0.612. The zero-order valence-electron chi connectivity index (χ0n) is 6.15. The maximum absolute atomic E-state index is 5.97. The second-order valence-corrected chi connectivity index (χ2v) is 5.23. The highest BCUT2D eigenvalue weighted by Gasteiger charge is 1.99. The average molecular weight is 162 g/mol. The summed E-state index contributed by atoms with van der Waals surface area (Å²) in [6.07, 6.45) is 4.59. The number of hydrogen-bond donors (Lipinski definition) is 0. The summed E-state index contributed by atoms with van der Waals surface area (Å²) in [6.45, 7) is 4.22. The molecule has 0 amide bonds. The first kappa shape index (κ1) is 9.25. The van der Waals surface area contributed by atoms with Crippen LogP contribution in [0.4, 0.5) is 0 Å². The van der Waals surface area contributed by atoms with Gasteiger partial charge in [0.2, 0.25) is 0 Å². The molecule has 0 N–H and O–H groups in total. The van der Waals surface area contributed by atoms with E-state index in [0.29, 0.717) is 0 Å². The predicted octanol–water partition coefficient (Wildman–Crippen LogP) is 3.13. The first-order chi connectivity index (χ1) is 4.31. The summed E-state index contributed by atoms with van der Waals surface area (Å²) in [5.41, 5.74) is 2.14. The van der Waals surface area contributed by atoms with Crippen LogP contribution in [0.1, 0.15) is 26.7 Å². The normalized spacial score (nSPS) is 11.6. The molecule has 0 aliphatic heterocycles. The Morgan fingerprint density at radius 3 is 2.67 bits per heavy atom. The average Bonchev–Trinajstić information content (AvgIpc) is 1.85. The largest absolute Gasteiger partial charge is 0.191 e. The third kappa shape index (κ3) is 6.13. The van der Waals surface area contributed by atoms with E-state index in [0.717, 1.165) is 0 Å². The second-order valence-electron chi connectivity index (χ2n) is 2.05. The van der Waals surface area contributed by atoms with Gasteiger partial charge in [0, 0.05) is 0 Å². The molecule has 53 valence electrons. The van der Waals surface area contributed by atoms with Crippen LogP contribution in [-0.2, 0) is 0 Å². The SMILES string of the molecule is CC=C[Si](Cl)CCCC. The molecular formula is C7H14ClSi. The summed E-state index contributed by atoms with van der Waals surface area (Å²) in [4.78, 5) is 0. The molecule has 0 atom stereocenters. The quantitative estimate of drug-likeness (QED) is 0.439. The van der Waals surface area contributed by atoms with Gasteiger partial charge in [-0.3, -0.25) is 0 Å². The first-order valence-electron chi connectivity index (χ1n) is 3.45. The van der Waals surface area contributed by atoms with Crippen LogP contribution in [0.25, 0.3) is 0 Å². The van der Waals surface area contributed by atoms with Gasteiger partial charge in [-0.1, -0.05) is 31.5 Å². The van der Waals surface area contributed by atoms with Crippen molar-refractivity contribution in [1.82, 2.24) is 0 Å². The van der Waals surface area contributed by atoms with E-state index in [9.17, 15) is 0 Å². The maximum atomic E-state index is 5.97. The van der Waals surface area contributed by atoms with Crippen LogP contribution in [0.5, 0.6) is 0 Å². The first-order valence-corrected chi connectivity index (χ1v) is 6.25. The zero-order chi connectivity index (χ0) is 7.11. The highest BCUT2D eigenvalue weighted by atomic mass is 35.6. The molecule has 0 bridgehead atoms. The number of allylic oxidation sites excluding steroid dienone is 1. The van der Waals surface area contributed by atoms with Gasteiger partial charge >= 0.3 is 0 Å². The Kier molecular flexibility index (Phi) is 6.54. The van der Waals surface area contributed by atoms with E-state index < -0.39 is 8.11 Å². The minimum Gasteiger partial charge on any atom is -0.163 e. The Bertz CT molecular complexity index is 81.0. The Morgan fingerprint density at radius 1 is 1.56 bits per heavy atom. The number of unbranched alkanes of at least 4 members (excludes halogenated alkanes) is 1. The summed E-state index contributed by atoms with van der Waals surface area (Å²) in [5, 5.41) is 0. The van der Waals surface area contributed by atoms with Crippen LogP contribution >= 0.6 is 11.1 Å². The molecule has 1 radical (unpaired) electrons. The number of halogens is 1. The van der Waals surface area contributed by atoms with E-state index in [-0.39, 0.29) is 0 Å². The van der Waals surface area contributed by atoms with Crippen LogP contribution in [0.2, 0.25) is 6.04 Å². The summed E-state index contributed by atoms with van der Waals surface area (Å²) >= 11 is 5.97. The minimum absolute atomic E-state index is 0.612. The molecule has 0 aromatic heterocycles. The third-order valence-corrected chi connectivity index (χ3v) is 3.59. The van der Waals surface area contributed by atoms with Crippen LogP contribution in [0.15, 0.2) is 11.8 Å². The van der Waals surface area contributed by atoms with Crippen LogP contribution in [0, 0.1) is 0 Å². The summed E-state index contributed by atoms with van der Waals surface area (Å²) in [5.74, 6) is 0. The molecule has 0 aliphatic carbocycles. The van der Waals surface area contributed by atoms with Crippen molar-refractivity contribution in [2.75, 3.05) is 0 Å². The molecule has 0 rings (SSSR count). The van der Waals surface area contributed by atoms with Crippen molar-refractivity contribution in [2.24, 2.45) is 0 Å². The van der Waals surface area contributed by atoms with E-state index in [1.807, 2.05) is 6.92 Å². The van der Waals surface area contributed by atoms with E-state index in [2.05, 4.69) is 18.7 Å². The van der Waals surface area contributed by atoms with E-state index >= 15 is 0 Å². The molecule has 0 spiro atoms. The lowest BCUT2D eigenvalue weighted by Crippen LogP contribution is -1.97. The van der Waals surface area contributed by atoms with E-state index in [1.165, 1.54) is 18.9 Å². The molecule has 0 nitrogen and oxygen atoms in total. The van der Waals surface area contributed by atoms with Crippen molar-refractivity contribution in [3.05, 3.63) is 11.8 Å². The highest BCUT2D eigenvalue weighted by Crippen LogP contribution is 2.05. The van der Waals surface area contributed by atoms with Crippen LogP contribution in [0.3, 0.4) is 0 Å². The van der Waals surface area contributed by atoms with Gasteiger partial charge in [-0.2, -0.15) is 11.1 Å². The lowest BCUT2D eigenvalue weighted by atomic mass is 10.4. The second kappa shape index (κ2) is 6.37. The molecule has 0 aromatic carbocycles. The van der Waals surface area contributed by atoms with Gasteiger partial charge in [0.05, 0.1) is 0 Å². The molecule has 0 unspecified atom stereocenters. The fourth-order valence-electron chi connectivity index (χ4n) is 0.610. The standard InChI is InChI=1S/C7H14ClSi/c1-3-5-7-9(8)6-4-2/h4,6H,3,5,7H2,1-2H3. The topological polar surface area (TPSA) is 0 Å². The van der Waals surface area contributed by atoms with Crippen molar-refractivity contribution < 1.29 is 0 Å². The van der Waals surface area contributed by atoms with Crippen molar-refractivity contribution in [3.8, 4) is 0 Å². The summed E-state index contributed by atoms with van der Waals surface area (Å²) in [6, 6.07) is 1.22. The van der Waals surface area contributed by atoms with Crippen molar-refractivity contribution >= 4 is 19.2 Å². The maximum Gasteiger partial charge on any atom is 0.191 e. The molecule has 0 saturated heterocycles. The Labute approximate surface area is 64.2 Å². The fraction of sp³-hybridized carbons (Fsp3) is 0.714. The Morgan fingerprint density at radius 2 is 2.22 bits per heavy atom. The van der Waals surface area contributed by atoms with Gasteiger partial charge < -0.3 is 0 Å². The van der Waals surface area contributed by atoms with E-state index in [4.69, 9.17) is 11.1 Å². The highest BCUT2D eigenvalue weighted by molar-refractivity contribution is 7.09. The Balaban J connectivity index is 3.15. The lowest BCUT2D eigenvalue weighted by Gasteiger charge is -1.96. The predicted molar refractivity (Wildman–Crippen MR) is 46.1 cm³/mol. The molecule has 2 heteroatoms. The lowest BCUT2D eigenvalue weighted by molar-refractivity contribution is 0.879. The third-order valence-electron chi connectivity index (χ3n) is 1.12. The van der Waals surface area contributed by atoms with Gasteiger partial charge in [-0.25, -0.2) is 0 Å². The van der Waals surface area contributed by atoms with Gasteiger partial charge in [0.25, 0.3) is 0 Å². The Hall–Kier alpha value is 0.247. The van der Waals surface area contributed by atoms with E-state index in [1.54, 1.807) is 0 Å².